The number of benzene rings is 1. The maximum absolute atomic E-state index is 8.92. The maximum atomic E-state index is 8.92. The van der Waals surface area contributed by atoms with Gasteiger partial charge in [-0.15, -0.1) is 0 Å². The monoisotopic (exact) mass is 180 g/mol. The number of hydrogen-bond donors (Lipinski definition) is 1. The van der Waals surface area contributed by atoms with Gasteiger partial charge in [0.2, 0.25) is 0 Å². The van der Waals surface area contributed by atoms with E-state index in [1.165, 1.54) is 0 Å². The van der Waals surface area contributed by atoms with E-state index in [2.05, 4.69) is 0 Å². The fourth-order valence-corrected chi connectivity index (χ4v) is 1.31. The lowest BCUT2D eigenvalue weighted by molar-refractivity contribution is 0.236. The lowest BCUT2D eigenvalue weighted by atomic mass is 10.0. The van der Waals surface area contributed by atoms with Crippen LogP contribution in [0.3, 0.4) is 0 Å². The zero-order valence-electron chi connectivity index (χ0n) is 8.16. The van der Waals surface area contributed by atoms with Gasteiger partial charge in [-0.2, -0.15) is 0 Å². The summed E-state index contributed by atoms with van der Waals surface area (Å²) < 4.78 is 5.21. The number of aliphatic hydroxyl groups is 1. The van der Waals surface area contributed by atoms with Gasteiger partial charge in [0.1, 0.15) is 5.75 Å². The first kappa shape index (κ1) is 10.1. The van der Waals surface area contributed by atoms with Crippen LogP contribution in [-0.2, 0) is 6.42 Å². The molecule has 2 heteroatoms. The average molecular weight is 180 g/mol. The summed E-state index contributed by atoms with van der Waals surface area (Å²) in [7, 11) is 1.67. The lowest BCUT2D eigenvalue weighted by Gasteiger charge is -2.11. The van der Waals surface area contributed by atoms with Crippen LogP contribution in [0.25, 0.3) is 0 Å². The average Bonchev–Trinajstić information content (AvgIpc) is 2.18. The highest BCUT2D eigenvalue weighted by atomic mass is 16.5. The summed E-state index contributed by atoms with van der Waals surface area (Å²) >= 11 is 0. The maximum Gasteiger partial charge on any atom is 0.122 e. The van der Waals surface area contributed by atoms with Crippen molar-refractivity contribution in [3.05, 3.63) is 29.8 Å². The molecule has 0 radical (unpaired) electrons. The SMILES string of the molecule is COc1ccccc1CC(C)CO. The summed E-state index contributed by atoms with van der Waals surface area (Å²) in [6.45, 7) is 2.24. The third kappa shape index (κ3) is 2.74. The molecule has 0 amide bonds. The van der Waals surface area contributed by atoms with E-state index in [4.69, 9.17) is 9.84 Å². The molecule has 0 saturated heterocycles. The van der Waals surface area contributed by atoms with Gasteiger partial charge in [0.25, 0.3) is 0 Å². The molecule has 0 spiro atoms. The molecule has 0 heterocycles. The lowest BCUT2D eigenvalue weighted by Crippen LogP contribution is -2.05. The zero-order valence-corrected chi connectivity index (χ0v) is 8.16. The van der Waals surface area contributed by atoms with Crippen molar-refractivity contribution >= 4 is 0 Å². The number of methoxy groups -OCH3 is 1. The predicted octanol–water partition coefficient (Wildman–Crippen LogP) is 1.87. The molecule has 13 heavy (non-hydrogen) atoms. The molecule has 0 aliphatic carbocycles. The molecule has 0 aliphatic heterocycles. The molecule has 2 nitrogen and oxygen atoms in total. The Hall–Kier alpha value is -1.02. The topological polar surface area (TPSA) is 29.5 Å². The van der Waals surface area contributed by atoms with Crippen molar-refractivity contribution in [3.63, 3.8) is 0 Å². The number of para-hydroxylation sites is 1. The predicted molar refractivity (Wildman–Crippen MR) is 52.9 cm³/mol. The van der Waals surface area contributed by atoms with Crippen LogP contribution in [-0.4, -0.2) is 18.8 Å². The van der Waals surface area contributed by atoms with E-state index in [9.17, 15) is 0 Å². The second kappa shape index (κ2) is 4.87. The van der Waals surface area contributed by atoms with Crippen LogP contribution in [0.2, 0.25) is 0 Å². The van der Waals surface area contributed by atoms with Crippen LogP contribution in [0.4, 0.5) is 0 Å². The largest absolute Gasteiger partial charge is 0.496 e. The van der Waals surface area contributed by atoms with Crippen molar-refractivity contribution in [1.82, 2.24) is 0 Å². The number of rotatable bonds is 4. The second-order valence-corrected chi connectivity index (χ2v) is 3.30. The molecule has 0 aromatic heterocycles. The van der Waals surface area contributed by atoms with Gasteiger partial charge in [-0.25, -0.2) is 0 Å². The molecule has 0 fully saturated rings. The summed E-state index contributed by atoms with van der Waals surface area (Å²) in [5.74, 6) is 1.19. The Morgan fingerprint density at radius 1 is 1.38 bits per heavy atom. The normalized spacial score (nSPS) is 12.5. The van der Waals surface area contributed by atoms with Crippen LogP contribution in [0.1, 0.15) is 12.5 Å². The standard InChI is InChI=1S/C11H16O2/c1-9(8-12)7-10-5-3-4-6-11(10)13-2/h3-6,9,12H,7-8H2,1-2H3. The first-order valence-electron chi connectivity index (χ1n) is 4.50. The quantitative estimate of drug-likeness (QED) is 0.766. The molecule has 1 rings (SSSR count). The van der Waals surface area contributed by atoms with E-state index < -0.39 is 0 Å². The summed E-state index contributed by atoms with van der Waals surface area (Å²) in [4.78, 5) is 0. The Labute approximate surface area is 79.2 Å². The summed E-state index contributed by atoms with van der Waals surface area (Å²) in [6, 6.07) is 7.91. The van der Waals surface area contributed by atoms with Crippen molar-refractivity contribution in [2.24, 2.45) is 5.92 Å². The van der Waals surface area contributed by atoms with Crippen molar-refractivity contribution in [1.29, 1.82) is 0 Å². The molecule has 0 saturated carbocycles. The van der Waals surface area contributed by atoms with Gasteiger partial charge in [-0.3, -0.25) is 0 Å². The highest BCUT2D eigenvalue weighted by Crippen LogP contribution is 2.20. The van der Waals surface area contributed by atoms with Crippen molar-refractivity contribution < 1.29 is 9.84 Å². The first-order valence-corrected chi connectivity index (χ1v) is 4.50. The van der Waals surface area contributed by atoms with Gasteiger partial charge in [0.15, 0.2) is 0 Å². The summed E-state index contributed by atoms with van der Waals surface area (Å²) in [5.41, 5.74) is 1.16. The van der Waals surface area contributed by atoms with Crippen LogP contribution in [0, 0.1) is 5.92 Å². The van der Waals surface area contributed by atoms with Gasteiger partial charge in [-0.1, -0.05) is 25.1 Å². The number of ether oxygens (including phenoxy) is 1. The molecule has 0 bridgehead atoms. The van der Waals surface area contributed by atoms with Crippen molar-refractivity contribution in [3.8, 4) is 5.75 Å². The highest BCUT2D eigenvalue weighted by molar-refractivity contribution is 5.33. The molecule has 72 valence electrons. The summed E-state index contributed by atoms with van der Waals surface area (Å²) in [5, 5.41) is 8.92. The van der Waals surface area contributed by atoms with E-state index >= 15 is 0 Å². The summed E-state index contributed by atoms with van der Waals surface area (Å²) in [6.07, 6.45) is 0.862. The minimum Gasteiger partial charge on any atom is -0.496 e. The van der Waals surface area contributed by atoms with Gasteiger partial charge < -0.3 is 9.84 Å². The Morgan fingerprint density at radius 3 is 2.69 bits per heavy atom. The first-order chi connectivity index (χ1) is 6.27. The van der Waals surface area contributed by atoms with E-state index in [1.807, 2.05) is 31.2 Å². The Morgan fingerprint density at radius 2 is 2.08 bits per heavy atom. The minimum absolute atomic E-state index is 0.220. The number of hydrogen-bond acceptors (Lipinski definition) is 2. The van der Waals surface area contributed by atoms with E-state index in [0.717, 1.165) is 17.7 Å². The molecule has 1 aromatic rings. The van der Waals surface area contributed by atoms with Gasteiger partial charge >= 0.3 is 0 Å². The van der Waals surface area contributed by atoms with Crippen molar-refractivity contribution in [2.75, 3.05) is 13.7 Å². The molecule has 1 aromatic carbocycles. The molecular formula is C11H16O2. The third-order valence-corrected chi connectivity index (χ3v) is 2.07. The Balaban J connectivity index is 2.74. The van der Waals surface area contributed by atoms with Crippen molar-refractivity contribution in [2.45, 2.75) is 13.3 Å². The van der Waals surface area contributed by atoms with Gasteiger partial charge in [0.05, 0.1) is 7.11 Å². The molecule has 1 unspecified atom stereocenters. The Kier molecular flexibility index (Phi) is 3.77. The Bertz CT molecular complexity index is 258. The minimum atomic E-state index is 0.220. The fraction of sp³-hybridized carbons (Fsp3) is 0.455. The molecular weight excluding hydrogens is 164 g/mol. The van der Waals surface area contributed by atoms with Gasteiger partial charge in [0, 0.05) is 6.61 Å². The molecule has 1 atom stereocenters. The zero-order chi connectivity index (χ0) is 9.68. The van der Waals surface area contributed by atoms with Crippen LogP contribution >= 0.6 is 0 Å². The van der Waals surface area contributed by atoms with E-state index in [0.29, 0.717) is 0 Å². The second-order valence-electron chi connectivity index (χ2n) is 3.30. The fourth-order valence-electron chi connectivity index (χ4n) is 1.31. The molecule has 1 N–H and O–H groups in total. The third-order valence-electron chi connectivity index (χ3n) is 2.07. The van der Waals surface area contributed by atoms with Crippen LogP contribution < -0.4 is 4.74 Å². The highest BCUT2D eigenvalue weighted by Gasteiger charge is 2.06. The van der Waals surface area contributed by atoms with Crippen LogP contribution in [0.15, 0.2) is 24.3 Å². The van der Waals surface area contributed by atoms with Crippen LogP contribution in [0.5, 0.6) is 5.75 Å². The van der Waals surface area contributed by atoms with Gasteiger partial charge in [-0.05, 0) is 24.0 Å². The smallest absolute Gasteiger partial charge is 0.122 e. The van der Waals surface area contributed by atoms with E-state index in [1.54, 1.807) is 7.11 Å². The van der Waals surface area contributed by atoms with E-state index in [-0.39, 0.29) is 12.5 Å². The number of aliphatic hydroxyl groups excluding tert-OH is 1. The molecule has 0 aliphatic rings.